The van der Waals surface area contributed by atoms with Crippen LogP contribution in [-0.2, 0) is 4.74 Å². The number of carbonyl (C=O) groups is 1. The van der Waals surface area contributed by atoms with Crippen molar-refractivity contribution in [2.24, 2.45) is 5.92 Å². The molecule has 0 spiro atoms. The summed E-state index contributed by atoms with van der Waals surface area (Å²) in [5.41, 5.74) is 1.36. The minimum absolute atomic E-state index is 0.156. The minimum atomic E-state index is -0.376. The fraction of sp³-hybridized carbons (Fsp3) is 0.600. The molecule has 0 radical (unpaired) electrons. The van der Waals surface area contributed by atoms with Crippen molar-refractivity contribution in [3.05, 3.63) is 28.6 Å². The van der Waals surface area contributed by atoms with Gasteiger partial charge in [0.15, 0.2) is 11.5 Å². The summed E-state index contributed by atoms with van der Waals surface area (Å²) in [6.07, 6.45) is 3.31. The van der Waals surface area contributed by atoms with E-state index in [0.29, 0.717) is 5.89 Å². The van der Waals surface area contributed by atoms with Crippen molar-refractivity contribution >= 4 is 33.1 Å². The molecule has 2 heterocycles. The first-order valence-corrected chi connectivity index (χ1v) is 9.98. The van der Waals surface area contributed by atoms with Gasteiger partial charge in [-0.15, -0.1) is 0 Å². The molecule has 0 bridgehead atoms. The van der Waals surface area contributed by atoms with E-state index in [4.69, 9.17) is 9.15 Å². The average Bonchev–Trinajstić information content (AvgIpc) is 2.93. The van der Waals surface area contributed by atoms with E-state index in [1.54, 1.807) is 0 Å². The van der Waals surface area contributed by atoms with Crippen LogP contribution in [0.25, 0.3) is 11.1 Å². The van der Waals surface area contributed by atoms with E-state index in [1.807, 2.05) is 50.8 Å². The van der Waals surface area contributed by atoms with Gasteiger partial charge in [-0.05, 0) is 57.7 Å². The monoisotopic (exact) mass is 424 g/mol. The van der Waals surface area contributed by atoms with Crippen LogP contribution in [-0.4, -0.2) is 34.7 Å². The van der Waals surface area contributed by atoms with Crippen molar-refractivity contribution in [1.29, 1.82) is 0 Å². The van der Waals surface area contributed by atoms with Crippen LogP contribution >= 0.6 is 15.9 Å². The normalized spacial score (nSPS) is 15.5. The molecule has 1 aliphatic rings. The van der Waals surface area contributed by atoms with Crippen LogP contribution < -0.4 is 0 Å². The predicted octanol–water partition coefficient (Wildman–Crippen LogP) is 5.94. The summed E-state index contributed by atoms with van der Waals surface area (Å²) in [6, 6.07) is 5.79. The Morgan fingerprint density at radius 2 is 2.00 bits per heavy atom. The molecule has 1 aromatic heterocycles. The number of halogens is 1. The summed E-state index contributed by atoms with van der Waals surface area (Å²) in [6.45, 7) is 11.5. The molecule has 1 saturated heterocycles. The molecule has 2 aromatic rings. The van der Waals surface area contributed by atoms with Crippen LogP contribution in [0.5, 0.6) is 0 Å². The summed E-state index contributed by atoms with van der Waals surface area (Å²) >= 11 is 3.35. The molecular weight excluding hydrogens is 396 g/mol. The second-order valence-electron chi connectivity index (χ2n) is 7.66. The molecule has 1 fully saturated rings. The third-order valence-corrected chi connectivity index (χ3v) is 4.79. The Hall–Kier alpha value is -1.56. The highest BCUT2D eigenvalue weighted by Crippen LogP contribution is 2.22. The topological polar surface area (TPSA) is 55.6 Å². The molecule has 0 unspecified atom stereocenters. The number of ether oxygens (including phenoxy) is 1. The molecule has 0 atom stereocenters. The summed E-state index contributed by atoms with van der Waals surface area (Å²) < 4.78 is 11.7. The lowest BCUT2D eigenvalue weighted by molar-refractivity contribution is 0.0183. The van der Waals surface area contributed by atoms with Crippen molar-refractivity contribution in [2.45, 2.75) is 59.5 Å². The van der Waals surface area contributed by atoms with Gasteiger partial charge in [0.25, 0.3) is 0 Å². The lowest BCUT2D eigenvalue weighted by Crippen LogP contribution is -2.41. The largest absolute Gasteiger partial charge is 0.444 e. The number of hydrogen-bond donors (Lipinski definition) is 0. The Labute approximate surface area is 164 Å². The number of likely N-dealkylation sites (tertiary alicyclic amines) is 1. The highest BCUT2D eigenvalue weighted by molar-refractivity contribution is 9.10. The molecule has 0 saturated carbocycles. The molecule has 6 heteroatoms. The molecule has 1 amide bonds. The minimum Gasteiger partial charge on any atom is -0.444 e. The number of benzene rings is 1. The Balaban J connectivity index is 0.000000195. The van der Waals surface area contributed by atoms with Crippen LogP contribution in [0.3, 0.4) is 0 Å². The van der Waals surface area contributed by atoms with Crippen molar-refractivity contribution in [1.82, 2.24) is 9.88 Å². The zero-order valence-electron chi connectivity index (χ0n) is 16.3. The van der Waals surface area contributed by atoms with Crippen LogP contribution in [0, 0.1) is 12.8 Å². The maximum Gasteiger partial charge on any atom is 0.410 e. The zero-order chi connectivity index (χ0) is 19.3. The number of aromatic nitrogens is 1. The number of nitrogens with zero attached hydrogens (tertiary/aromatic N) is 2. The molecule has 144 valence electrons. The second kappa shape index (κ2) is 8.89. The van der Waals surface area contributed by atoms with Crippen LogP contribution in [0.15, 0.2) is 27.1 Å². The molecule has 5 nitrogen and oxygen atoms in total. The molecular formula is C20H29BrN2O3. The van der Waals surface area contributed by atoms with E-state index in [1.165, 1.54) is 6.42 Å². The van der Waals surface area contributed by atoms with Crippen LogP contribution in [0.1, 0.15) is 52.8 Å². The molecule has 1 aliphatic heterocycles. The lowest BCUT2D eigenvalue weighted by Gasteiger charge is -2.33. The predicted molar refractivity (Wildman–Crippen MR) is 107 cm³/mol. The number of oxazole rings is 1. The van der Waals surface area contributed by atoms with E-state index in [9.17, 15) is 4.79 Å². The highest BCUT2D eigenvalue weighted by Gasteiger charge is 2.25. The van der Waals surface area contributed by atoms with Gasteiger partial charge >= 0.3 is 6.09 Å². The van der Waals surface area contributed by atoms with Gasteiger partial charge in [-0.1, -0.05) is 29.3 Å². The first-order chi connectivity index (χ1) is 12.2. The Bertz CT molecular complexity index is 728. The van der Waals surface area contributed by atoms with Gasteiger partial charge < -0.3 is 14.1 Å². The molecule has 0 aliphatic carbocycles. The summed E-state index contributed by atoms with van der Waals surface area (Å²) in [5, 5.41) is 0. The lowest BCUT2D eigenvalue weighted by atomic mass is 9.95. The van der Waals surface area contributed by atoms with Gasteiger partial charge in [0, 0.05) is 24.5 Å². The van der Waals surface area contributed by atoms with Crippen LogP contribution in [0.4, 0.5) is 4.79 Å². The number of amides is 1. The zero-order valence-corrected chi connectivity index (χ0v) is 17.9. The number of carbonyl (C=O) groups excluding carboxylic acids is 1. The smallest absolute Gasteiger partial charge is 0.410 e. The Morgan fingerprint density at radius 3 is 2.58 bits per heavy atom. The molecule has 3 rings (SSSR count). The van der Waals surface area contributed by atoms with Gasteiger partial charge in [0.1, 0.15) is 11.1 Å². The van der Waals surface area contributed by atoms with Gasteiger partial charge in [0.2, 0.25) is 0 Å². The van der Waals surface area contributed by atoms with E-state index in [2.05, 4.69) is 27.8 Å². The second-order valence-corrected chi connectivity index (χ2v) is 8.58. The fourth-order valence-electron chi connectivity index (χ4n) is 2.86. The highest BCUT2D eigenvalue weighted by atomic mass is 79.9. The maximum atomic E-state index is 11.7. The SMILES string of the molecule is CCC1CCN(C(=O)OC(C)(C)C)CC1.Cc1nc2ccc(Br)cc2o1. The standard InChI is InChI=1S/C12H23NO2.C8H6BrNO/c1-5-10-6-8-13(9-7-10)11(14)15-12(2,3)4;1-5-10-7-3-2-6(9)4-8(7)11-5/h10H,5-9H2,1-4H3;2-4H,1H3. The van der Waals surface area contributed by atoms with Crippen molar-refractivity contribution < 1.29 is 13.9 Å². The molecule has 1 aromatic carbocycles. The summed E-state index contributed by atoms with van der Waals surface area (Å²) in [5.74, 6) is 1.50. The summed E-state index contributed by atoms with van der Waals surface area (Å²) in [7, 11) is 0. The van der Waals surface area contributed by atoms with E-state index >= 15 is 0 Å². The van der Waals surface area contributed by atoms with E-state index in [-0.39, 0.29) is 11.7 Å². The number of piperidine rings is 1. The van der Waals surface area contributed by atoms with Gasteiger partial charge in [-0.25, -0.2) is 9.78 Å². The van der Waals surface area contributed by atoms with Gasteiger partial charge in [-0.3, -0.25) is 0 Å². The molecule has 0 N–H and O–H groups in total. The first-order valence-electron chi connectivity index (χ1n) is 9.18. The first kappa shape index (κ1) is 20.7. The Kier molecular flexibility index (Phi) is 7.09. The maximum absolute atomic E-state index is 11.7. The summed E-state index contributed by atoms with van der Waals surface area (Å²) in [4.78, 5) is 17.7. The van der Waals surface area contributed by atoms with Crippen molar-refractivity contribution in [2.75, 3.05) is 13.1 Å². The quantitative estimate of drug-likeness (QED) is 0.567. The van der Waals surface area contributed by atoms with Gasteiger partial charge in [0.05, 0.1) is 0 Å². The molecule has 26 heavy (non-hydrogen) atoms. The van der Waals surface area contributed by atoms with E-state index in [0.717, 1.165) is 47.4 Å². The third kappa shape index (κ3) is 6.31. The van der Waals surface area contributed by atoms with Crippen LogP contribution in [0.2, 0.25) is 0 Å². The number of fused-ring (bicyclic) bond motifs is 1. The fourth-order valence-corrected chi connectivity index (χ4v) is 3.20. The van der Waals surface area contributed by atoms with E-state index < -0.39 is 0 Å². The third-order valence-electron chi connectivity index (χ3n) is 4.30. The average molecular weight is 425 g/mol. The number of aryl methyl sites for hydroxylation is 1. The van der Waals surface area contributed by atoms with Crippen molar-refractivity contribution in [3.63, 3.8) is 0 Å². The number of rotatable bonds is 1. The van der Waals surface area contributed by atoms with Crippen molar-refractivity contribution in [3.8, 4) is 0 Å². The number of hydrogen-bond acceptors (Lipinski definition) is 4. The van der Waals surface area contributed by atoms with Gasteiger partial charge in [-0.2, -0.15) is 0 Å². The Morgan fingerprint density at radius 1 is 1.35 bits per heavy atom.